The van der Waals surface area contributed by atoms with E-state index in [-0.39, 0.29) is 0 Å². The highest BCUT2D eigenvalue weighted by atomic mass is 15.2. The first-order chi connectivity index (χ1) is 9.15. The molecule has 0 aromatic carbocycles. The highest BCUT2D eigenvalue weighted by molar-refractivity contribution is 5.41. The van der Waals surface area contributed by atoms with Gasteiger partial charge in [-0.15, -0.1) is 0 Å². The third-order valence-electron chi connectivity index (χ3n) is 3.87. The minimum Gasteiger partial charge on any atom is -0.357 e. The van der Waals surface area contributed by atoms with Crippen LogP contribution in [0.1, 0.15) is 45.6 Å². The molecule has 0 bridgehead atoms. The fourth-order valence-corrected chi connectivity index (χ4v) is 2.56. The molecule has 1 aromatic heterocycles. The molecule has 19 heavy (non-hydrogen) atoms. The van der Waals surface area contributed by atoms with E-state index in [0.29, 0.717) is 6.04 Å². The summed E-state index contributed by atoms with van der Waals surface area (Å²) in [6, 6.07) is 4.88. The summed E-state index contributed by atoms with van der Waals surface area (Å²) in [5.41, 5.74) is 1.33. The van der Waals surface area contributed by atoms with E-state index in [4.69, 9.17) is 0 Å². The molecule has 1 N–H and O–H groups in total. The SMILES string of the molecule is CC1CCCN(c2cc(CNC(C)C)ccn2)CC1. The van der Waals surface area contributed by atoms with Gasteiger partial charge in [0.15, 0.2) is 0 Å². The first kappa shape index (κ1) is 14.3. The largest absolute Gasteiger partial charge is 0.357 e. The van der Waals surface area contributed by atoms with E-state index in [0.717, 1.165) is 31.4 Å². The fraction of sp³-hybridized carbons (Fsp3) is 0.688. The van der Waals surface area contributed by atoms with Gasteiger partial charge in [0, 0.05) is 31.9 Å². The Morgan fingerprint density at radius 2 is 2.21 bits per heavy atom. The van der Waals surface area contributed by atoms with Gasteiger partial charge in [0.25, 0.3) is 0 Å². The Morgan fingerprint density at radius 3 is 3.00 bits per heavy atom. The van der Waals surface area contributed by atoms with Crippen molar-refractivity contribution in [2.45, 2.75) is 52.6 Å². The molecule has 0 spiro atoms. The van der Waals surface area contributed by atoms with Crippen LogP contribution in [0.15, 0.2) is 18.3 Å². The maximum absolute atomic E-state index is 4.56. The Kier molecular flexibility index (Phi) is 5.20. The van der Waals surface area contributed by atoms with Crippen LogP contribution in [0.2, 0.25) is 0 Å². The summed E-state index contributed by atoms with van der Waals surface area (Å²) in [4.78, 5) is 7.00. The number of nitrogens with zero attached hydrogens (tertiary/aromatic N) is 2. The van der Waals surface area contributed by atoms with Crippen molar-refractivity contribution in [1.82, 2.24) is 10.3 Å². The minimum absolute atomic E-state index is 0.524. The van der Waals surface area contributed by atoms with Gasteiger partial charge in [-0.1, -0.05) is 20.8 Å². The average Bonchev–Trinajstić information content (AvgIpc) is 2.62. The molecule has 3 heteroatoms. The molecule has 0 radical (unpaired) electrons. The van der Waals surface area contributed by atoms with Crippen LogP contribution in [-0.4, -0.2) is 24.1 Å². The molecular weight excluding hydrogens is 234 g/mol. The monoisotopic (exact) mass is 261 g/mol. The molecule has 2 heterocycles. The number of nitrogens with one attached hydrogen (secondary N) is 1. The molecule has 0 saturated carbocycles. The second-order valence-electron chi connectivity index (χ2n) is 6.08. The van der Waals surface area contributed by atoms with E-state index >= 15 is 0 Å². The molecule has 0 aliphatic carbocycles. The van der Waals surface area contributed by atoms with Gasteiger partial charge >= 0.3 is 0 Å². The summed E-state index contributed by atoms with van der Waals surface area (Å²) in [5, 5.41) is 3.47. The first-order valence-corrected chi connectivity index (χ1v) is 7.58. The van der Waals surface area contributed by atoms with E-state index in [9.17, 15) is 0 Å². The summed E-state index contributed by atoms with van der Waals surface area (Å²) in [5.74, 6) is 2.01. The molecule has 1 aliphatic heterocycles. The highest BCUT2D eigenvalue weighted by Gasteiger charge is 2.15. The Balaban J connectivity index is 2.01. The molecule has 0 amide bonds. The Bertz CT molecular complexity index is 389. The van der Waals surface area contributed by atoms with Crippen LogP contribution in [0.25, 0.3) is 0 Å². The molecule has 1 unspecified atom stereocenters. The van der Waals surface area contributed by atoms with Gasteiger partial charge in [-0.3, -0.25) is 0 Å². The summed E-state index contributed by atoms with van der Waals surface area (Å²) in [6.45, 7) is 9.95. The quantitative estimate of drug-likeness (QED) is 0.902. The van der Waals surface area contributed by atoms with E-state index in [1.54, 1.807) is 0 Å². The molecule has 1 atom stereocenters. The predicted octanol–water partition coefficient (Wildman–Crippen LogP) is 3.21. The van der Waals surface area contributed by atoms with Crippen LogP contribution in [0.3, 0.4) is 0 Å². The Hall–Kier alpha value is -1.09. The fourth-order valence-electron chi connectivity index (χ4n) is 2.56. The van der Waals surface area contributed by atoms with Crippen LogP contribution >= 0.6 is 0 Å². The van der Waals surface area contributed by atoms with Crippen LogP contribution in [0, 0.1) is 5.92 Å². The second kappa shape index (κ2) is 6.90. The number of pyridine rings is 1. The first-order valence-electron chi connectivity index (χ1n) is 7.58. The lowest BCUT2D eigenvalue weighted by molar-refractivity contribution is 0.521. The summed E-state index contributed by atoms with van der Waals surface area (Å²) < 4.78 is 0. The third-order valence-corrected chi connectivity index (χ3v) is 3.87. The number of hydrogen-bond donors (Lipinski definition) is 1. The molecule has 1 saturated heterocycles. The number of hydrogen-bond acceptors (Lipinski definition) is 3. The summed E-state index contributed by atoms with van der Waals surface area (Å²) in [6.07, 6.45) is 5.87. The summed E-state index contributed by atoms with van der Waals surface area (Å²) >= 11 is 0. The second-order valence-corrected chi connectivity index (χ2v) is 6.08. The third kappa shape index (κ3) is 4.50. The zero-order valence-electron chi connectivity index (χ0n) is 12.5. The van der Waals surface area contributed by atoms with Gasteiger partial charge in [0.1, 0.15) is 5.82 Å². The normalized spacial score (nSPS) is 20.6. The molecule has 1 aliphatic rings. The number of rotatable bonds is 4. The number of anilines is 1. The summed E-state index contributed by atoms with van der Waals surface area (Å²) in [7, 11) is 0. The standard InChI is InChI=1S/C16H27N3/c1-13(2)18-12-15-6-8-17-16(11-15)19-9-4-5-14(3)7-10-19/h6,8,11,13-14,18H,4-5,7,9-10,12H2,1-3H3. The molecule has 1 aromatic rings. The maximum Gasteiger partial charge on any atom is 0.128 e. The van der Waals surface area contributed by atoms with Crippen molar-refractivity contribution in [3.63, 3.8) is 0 Å². The van der Waals surface area contributed by atoms with E-state index in [1.165, 1.54) is 24.8 Å². The van der Waals surface area contributed by atoms with Crippen molar-refractivity contribution < 1.29 is 0 Å². The van der Waals surface area contributed by atoms with Crippen LogP contribution < -0.4 is 10.2 Å². The van der Waals surface area contributed by atoms with Crippen molar-refractivity contribution in [2.24, 2.45) is 5.92 Å². The van der Waals surface area contributed by atoms with Gasteiger partial charge in [0.05, 0.1) is 0 Å². The van der Waals surface area contributed by atoms with Crippen molar-refractivity contribution in [2.75, 3.05) is 18.0 Å². The highest BCUT2D eigenvalue weighted by Crippen LogP contribution is 2.21. The lowest BCUT2D eigenvalue weighted by Crippen LogP contribution is -2.26. The van der Waals surface area contributed by atoms with Crippen molar-refractivity contribution in [3.05, 3.63) is 23.9 Å². The van der Waals surface area contributed by atoms with Crippen LogP contribution in [-0.2, 0) is 6.54 Å². The molecule has 2 rings (SSSR count). The minimum atomic E-state index is 0.524. The average molecular weight is 261 g/mol. The van der Waals surface area contributed by atoms with Gasteiger partial charge in [-0.25, -0.2) is 4.98 Å². The topological polar surface area (TPSA) is 28.2 Å². The predicted molar refractivity (Wildman–Crippen MR) is 81.4 cm³/mol. The van der Waals surface area contributed by atoms with Crippen molar-refractivity contribution >= 4 is 5.82 Å². The zero-order chi connectivity index (χ0) is 13.7. The Labute approximate surface area is 117 Å². The maximum atomic E-state index is 4.56. The van der Waals surface area contributed by atoms with Gasteiger partial charge in [-0.2, -0.15) is 0 Å². The van der Waals surface area contributed by atoms with E-state index in [2.05, 4.69) is 48.1 Å². The molecular formula is C16H27N3. The molecule has 106 valence electrons. The lowest BCUT2D eigenvalue weighted by atomic mass is 10.0. The number of aromatic nitrogens is 1. The molecule has 3 nitrogen and oxygen atoms in total. The lowest BCUT2D eigenvalue weighted by Gasteiger charge is -2.22. The van der Waals surface area contributed by atoms with Crippen LogP contribution in [0.5, 0.6) is 0 Å². The smallest absolute Gasteiger partial charge is 0.128 e. The Morgan fingerprint density at radius 1 is 1.37 bits per heavy atom. The van der Waals surface area contributed by atoms with Gasteiger partial charge < -0.3 is 10.2 Å². The van der Waals surface area contributed by atoms with Crippen molar-refractivity contribution in [1.29, 1.82) is 0 Å². The van der Waals surface area contributed by atoms with E-state index < -0.39 is 0 Å². The van der Waals surface area contributed by atoms with Gasteiger partial charge in [-0.05, 0) is 42.9 Å². The molecule has 1 fully saturated rings. The van der Waals surface area contributed by atoms with Crippen LogP contribution in [0.4, 0.5) is 5.82 Å². The van der Waals surface area contributed by atoms with Crippen molar-refractivity contribution in [3.8, 4) is 0 Å². The van der Waals surface area contributed by atoms with Gasteiger partial charge in [0.2, 0.25) is 0 Å². The zero-order valence-corrected chi connectivity index (χ0v) is 12.5. The van der Waals surface area contributed by atoms with E-state index in [1.807, 2.05) is 6.20 Å².